The highest BCUT2D eigenvalue weighted by Gasteiger charge is 2.14. The molecule has 3 aromatic rings. The van der Waals surface area contributed by atoms with Crippen molar-refractivity contribution in [2.45, 2.75) is 19.9 Å². The Labute approximate surface area is 147 Å². The molecule has 23 heavy (non-hydrogen) atoms. The van der Waals surface area contributed by atoms with Crippen LogP contribution in [0.4, 0.5) is 0 Å². The van der Waals surface area contributed by atoms with Crippen LogP contribution in [0.3, 0.4) is 0 Å². The van der Waals surface area contributed by atoms with Crippen molar-refractivity contribution in [2.75, 3.05) is 5.75 Å². The maximum atomic E-state index is 11.8. The number of benzene rings is 1. The van der Waals surface area contributed by atoms with Crippen LogP contribution in [-0.2, 0) is 16.6 Å². The molecule has 0 spiro atoms. The minimum Gasteiger partial charge on any atom is -0.286 e. The summed E-state index contributed by atoms with van der Waals surface area (Å²) < 4.78 is 29.4. The molecule has 122 valence electrons. The van der Waals surface area contributed by atoms with Crippen molar-refractivity contribution in [3.8, 4) is 11.3 Å². The van der Waals surface area contributed by atoms with E-state index in [2.05, 4.69) is 25.6 Å². The van der Waals surface area contributed by atoms with Gasteiger partial charge in [0, 0.05) is 9.85 Å². The smallest absolute Gasteiger partial charge is 0.211 e. The lowest BCUT2D eigenvalue weighted by atomic mass is 10.2. The minimum atomic E-state index is -3.24. The van der Waals surface area contributed by atoms with Crippen LogP contribution in [0, 0.1) is 0 Å². The van der Waals surface area contributed by atoms with Gasteiger partial charge in [-0.05, 0) is 24.1 Å². The SMILES string of the molecule is CCCS(=O)(=O)NCc1cnc2scc(-c3ccc(Br)cc3)n12. The topological polar surface area (TPSA) is 63.5 Å². The Morgan fingerprint density at radius 2 is 2.04 bits per heavy atom. The van der Waals surface area contributed by atoms with Gasteiger partial charge < -0.3 is 0 Å². The lowest BCUT2D eigenvalue weighted by Crippen LogP contribution is -2.26. The van der Waals surface area contributed by atoms with Crippen LogP contribution in [0.15, 0.2) is 40.3 Å². The number of hydrogen-bond acceptors (Lipinski definition) is 4. The summed E-state index contributed by atoms with van der Waals surface area (Å²) in [6, 6.07) is 8.02. The number of hydrogen-bond donors (Lipinski definition) is 1. The lowest BCUT2D eigenvalue weighted by molar-refractivity contribution is 0.579. The highest BCUT2D eigenvalue weighted by Crippen LogP contribution is 2.28. The lowest BCUT2D eigenvalue weighted by Gasteiger charge is -2.07. The molecule has 3 rings (SSSR count). The standard InChI is InChI=1S/C15H16BrN3O2S2/c1-2-7-23(20,21)18-9-13-8-17-15-19(13)14(10-22-15)11-3-5-12(16)6-4-11/h3-6,8,10,18H,2,7,9H2,1H3. The highest BCUT2D eigenvalue weighted by molar-refractivity contribution is 9.10. The maximum Gasteiger partial charge on any atom is 0.211 e. The third kappa shape index (κ3) is 3.65. The molecule has 0 fully saturated rings. The zero-order valence-electron chi connectivity index (χ0n) is 12.5. The Bertz CT molecular complexity index is 914. The second-order valence-corrected chi connectivity index (χ2v) is 8.81. The predicted octanol–water partition coefficient (Wildman–Crippen LogP) is 3.65. The Morgan fingerprint density at radius 3 is 2.74 bits per heavy atom. The van der Waals surface area contributed by atoms with Crippen molar-refractivity contribution in [3.63, 3.8) is 0 Å². The summed E-state index contributed by atoms with van der Waals surface area (Å²) in [7, 11) is -3.24. The molecule has 2 aromatic heterocycles. The van der Waals surface area contributed by atoms with Crippen molar-refractivity contribution in [3.05, 3.63) is 46.0 Å². The molecular formula is C15H16BrN3O2S2. The van der Waals surface area contributed by atoms with Crippen molar-refractivity contribution < 1.29 is 8.42 Å². The molecular weight excluding hydrogens is 398 g/mol. The fourth-order valence-corrected chi connectivity index (χ4v) is 4.54. The number of aromatic nitrogens is 2. The molecule has 0 saturated carbocycles. The molecule has 5 nitrogen and oxygen atoms in total. The van der Waals surface area contributed by atoms with Gasteiger partial charge in [-0.15, -0.1) is 11.3 Å². The van der Waals surface area contributed by atoms with E-state index in [1.165, 1.54) is 0 Å². The van der Waals surface area contributed by atoms with Gasteiger partial charge >= 0.3 is 0 Å². The fraction of sp³-hybridized carbons (Fsp3) is 0.267. The van der Waals surface area contributed by atoms with Gasteiger partial charge in [-0.1, -0.05) is 35.0 Å². The average molecular weight is 414 g/mol. The van der Waals surface area contributed by atoms with Crippen LogP contribution in [0.2, 0.25) is 0 Å². The number of sulfonamides is 1. The first kappa shape index (κ1) is 16.6. The van der Waals surface area contributed by atoms with Gasteiger partial charge in [-0.2, -0.15) is 0 Å². The molecule has 0 atom stereocenters. The first-order valence-corrected chi connectivity index (χ1v) is 10.5. The first-order valence-electron chi connectivity index (χ1n) is 7.17. The second kappa shape index (κ2) is 6.72. The number of rotatable bonds is 6. The Kier molecular flexibility index (Phi) is 4.86. The van der Waals surface area contributed by atoms with Gasteiger partial charge in [0.2, 0.25) is 10.0 Å². The van der Waals surface area contributed by atoms with Gasteiger partial charge in [-0.25, -0.2) is 18.1 Å². The number of imidazole rings is 1. The van der Waals surface area contributed by atoms with Crippen LogP contribution >= 0.6 is 27.3 Å². The Morgan fingerprint density at radius 1 is 1.30 bits per heavy atom. The summed E-state index contributed by atoms with van der Waals surface area (Å²) in [5.41, 5.74) is 2.91. The highest BCUT2D eigenvalue weighted by atomic mass is 79.9. The quantitative estimate of drug-likeness (QED) is 0.670. The Hall–Kier alpha value is -1.22. The monoisotopic (exact) mass is 413 g/mol. The van der Waals surface area contributed by atoms with Gasteiger partial charge in [0.25, 0.3) is 0 Å². The van der Waals surface area contributed by atoms with E-state index in [-0.39, 0.29) is 12.3 Å². The normalized spacial score (nSPS) is 12.1. The summed E-state index contributed by atoms with van der Waals surface area (Å²) in [4.78, 5) is 5.22. The van der Waals surface area contributed by atoms with Crippen molar-refractivity contribution >= 4 is 42.3 Å². The molecule has 0 saturated heterocycles. The third-order valence-corrected chi connectivity index (χ3v) is 6.30. The van der Waals surface area contributed by atoms with Crippen LogP contribution in [0.25, 0.3) is 16.2 Å². The van der Waals surface area contributed by atoms with Crippen LogP contribution in [0.5, 0.6) is 0 Å². The zero-order chi connectivity index (χ0) is 16.4. The van der Waals surface area contributed by atoms with Gasteiger partial charge in [0.15, 0.2) is 4.96 Å². The van der Waals surface area contributed by atoms with Crippen molar-refractivity contribution in [1.82, 2.24) is 14.1 Å². The number of halogens is 1. The van der Waals surface area contributed by atoms with E-state index in [0.29, 0.717) is 6.42 Å². The maximum absolute atomic E-state index is 11.8. The van der Waals surface area contributed by atoms with Gasteiger partial charge in [-0.3, -0.25) is 4.40 Å². The molecule has 0 bridgehead atoms. The molecule has 8 heteroatoms. The van der Waals surface area contributed by atoms with Crippen LogP contribution < -0.4 is 4.72 Å². The van der Waals surface area contributed by atoms with E-state index in [9.17, 15) is 8.42 Å². The molecule has 0 aliphatic heterocycles. The summed E-state index contributed by atoms with van der Waals surface area (Å²) in [6.45, 7) is 2.09. The summed E-state index contributed by atoms with van der Waals surface area (Å²) in [5, 5.41) is 2.04. The molecule has 0 unspecified atom stereocenters. The minimum absolute atomic E-state index is 0.137. The second-order valence-electron chi connectivity index (χ2n) is 5.14. The zero-order valence-corrected chi connectivity index (χ0v) is 15.7. The third-order valence-electron chi connectivity index (χ3n) is 3.41. The van der Waals surface area contributed by atoms with E-state index in [0.717, 1.165) is 26.4 Å². The van der Waals surface area contributed by atoms with Crippen LogP contribution in [-0.4, -0.2) is 23.6 Å². The summed E-state index contributed by atoms with van der Waals surface area (Å²) in [6.07, 6.45) is 2.32. The summed E-state index contributed by atoms with van der Waals surface area (Å²) >= 11 is 4.97. The van der Waals surface area contributed by atoms with E-state index in [1.807, 2.05) is 41.0 Å². The molecule has 0 aliphatic carbocycles. The van der Waals surface area contributed by atoms with Gasteiger partial charge in [0.1, 0.15) is 0 Å². The first-order chi connectivity index (χ1) is 11.0. The number of nitrogens with zero attached hydrogens (tertiary/aromatic N) is 2. The van der Waals surface area contributed by atoms with E-state index in [4.69, 9.17) is 0 Å². The molecule has 0 aliphatic rings. The van der Waals surface area contributed by atoms with E-state index >= 15 is 0 Å². The van der Waals surface area contributed by atoms with Crippen molar-refractivity contribution in [1.29, 1.82) is 0 Å². The predicted molar refractivity (Wildman–Crippen MR) is 97.1 cm³/mol. The molecule has 2 heterocycles. The largest absolute Gasteiger partial charge is 0.286 e. The molecule has 1 N–H and O–H groups in total. The van der Waals surface area contributed by atoms with E-state index in [1.54, 1.807) is 17.5 Å². The Balaban J connectivity index is 1.93. The van der Waals surface area contributed by atoms with Crippen molar-refractivity contribution in [2.24, 2.45) is 0 Å². The number of nitrogens with one attached hydrogen (secondary N) is 1. The molecule has 0 amide bonds. The van der Waals surface area contributed by atoms with Crippen LogP contribution in [0.1, 0.15) is 19.0 Å². The number of thiazole rings is 1. The molecule has 1 aromatic carbocycles. The fourth-order valence-electron chi connectivity index (χ4n) is 2.34. The summed E-state index contributed by atoms with van der Waals surface area (Å²) in [5.74, 6) is 0.137. The molecule has 0 radical (unpaired) electrons. The van der Waals surface area contributed by atoms with Gasteiger partial charge in [0.05, 0.1) is 29.9 Å². The average Bonchev–Trinajstić information content (AvgIpc) is 3.08. The van der Waals surface area contributed by atoms with E-state index < -0.39 is 10.0 Å². The number of fused-ring (bicyclic) bond motifs is 1.